The highest BCUT2D eigenvalue weighted by Gasteiger charge is 2.30. The van der Waals surface area contributed by atoms with Crippen LogP contribution in [0.25, 0.3) is 0 Å². The van der Waals surface area contributed by atoms with Gasteiger partial charge in [0.15, 0.2) is 5.78 Å². The minimum atomic E-state index is -1.12. The van der Waals surface area contributed by atoms with Gasteiger partial charge in [-0.1, -0.05) is 27.2 Å². The summed E-state index contributed by atoms with van der Waals surface area (Å²) >= 11 is 0. The van der Waals surface area contributed by atoms with Crippen molar-refractivity contribution in [1.82, 2.24) is 0 Å². The molecule has 0 amide bonds. The first-order chi connectivity index (χ1) is 5.45. The lowest BCUT2D eigenvalue weighted by Crippen LogP contribution is -2.38. The molecular weight excluding hydrogens is 152 g/mol. The molecule has 0 heterocycles. The predicted octanol–water partition coefficient (Wildman–Crippen LogP) is 2.15. The van der Waals surface area contributed by atoms with E-state index in [2.05, 4.69) is 0 Å². The van der Waals surface area contributed by atoms with Gasteiger partial charge in [-0.25, -0.2) is 0 Å². The molecule has 12 heavy (non-hydrogen) atoms. The largest absolute Gasteiger partial charge is 0.382 e. The van der Waals surface area contributed by atoms with Crippen LogP contribution in [0.2, 0.25) is 0 Å². The van der Waals surface area contributed by atoms with Gasteiger partial charge in [0.1, 0.15) is 5.60 Å². The molecule has 2 atom stereocenters. The Hall–Kier alpha value is -0.370. The zero-order chi connectivity index (χ0) is 9.78. The molecule has 0 saturated carbocycles. The van der Waals surface area contributed by atoms with Crippen molar-refractivity contribution in [2.75, 3.05) is 0 Å². The Labute approximate surface area is 75.0 Å². The van der Waals surface area contributed by atoms with Gasteiger partial charge in [-0.15, -0.1) is 0 Å². The molecule has 0 saturated heterocycles. The maximum absolute atomic E-state index is 11.5. The first kappa shape index (κ1) is 11.6. The smallest absolute Gasteiger partial charge is 0.166 e. The van der Waals surface area contributed by atoms with Gasteiger partial charge >= 0.3 is 0 Å². The van der Waals surface area contributed by atoms with E-state index in [1.165, 1.54) is 0 Å². The molecule has 0 bridgehead atoms. The summed E-state index contributed by atoms with van der Waals surface area (Å²) in [4.78, 5) is 11.5. The summed E-state index contributed by atoms with van der Waals surface area (Å²) in [6.07, 6.45) is 2.36. The highest BCUT2D eigenvalue weighted by molar-refractivity contribution is 5.88. The molecule has 0 aliphatic heterocycles. The molecule has 0 radical (unpaired) electrons. The molecule has 72 valence electrons. The van der Waals surface area contributed by atoms with E-state index in [-0.39, 0.29) is 11.7 Å². The molecule has 0 aromatic heterocycles. The molecule has 0 spiro atoms. The van der Waals surface area contributed by atoms with Crippen LogP contribution in [0.5, 0.6) is 0 Å². The first-order valence-corrected chi connectivity index (χ1v) is 4.72. The number of aliphatic hydroxyl groups is 1. The number of carbonyl (C=O) groups is 1. The summed E-state index contributed by atoms with van der Waals surface area (Å²) in [5, 5.41) is 9.64. The monoisotopic (exact) mass is 172 g/mol. The van der Waals surface area contributed by atoms with Crippen LogP contribution in [-0.2, 0) is 4.79 Å². The molecule has 2 heteroatoms. The summed E-state index contributed by atoms with van der Waals surface area (Å²) < 4.78 is 0. The van der Waals surface area contributed by atoms with Crippen LogP contribution in [0.3, 0.4) is 0 Å². The third-order valence-corrected chi connectivity index (χ3v) is 2.39. The van der Waals surface area contributed by atoms with Crippen molar-refractivity contribution in [3.8, 4) is 0 Å². The third-order valence-electron chi connectivity index (χ3n) is 2.39. The Morgan fingerprint density at radius 2 is 2.00 bits per heavy atom. The quantitative estimate of drug-likeness (QED) is 0.690. The maximum Gasteiger partial charge on any atom is 0.166 e. The average molecular weight is 172 g/mol. The molecule has 2 nitrogen and oxygen atoms in total. The zero-order valence-electron chi connectivity index (χ0n) is 8.55. The Bertz CT molecular complexity index is 150. The molecule has 2 unspecified atom stereocenters. The Morgan fingerprint density at radius 1 is 1.50 bits per heavy atom. The molecule has 1 N–H and O–H groups in total. The van der Waals surface area contributed by atoms with E-state index >= 15 is 0 Å². The topological polar surface area (TPSA) is 37.3 Å². The van der Waals surface area contributed by atoms with Crippen LogP contribution in [0, 0.1) is 5.92 Å². The Balaban J connectivity index is 4.18. The van der Waals surface area contributed by atoms with Crippen molar-refractivity contribution in [2.45, 2.75) is 52.6 Å². The van der Waals surface area contributed by atoms with E-state index in [9.17, 15) is 9.90 Å². The summed E-state index contributed by atoms with van der Waals surface area (Å²) in [5.74, 6) is -0.0307. The van der Waals surface area contributed by atoms with E-state index in [1.54, 1.807) is 6.92 Å². The fourth-order valence-electron chi connectivity index (χ4n) is 1.27. The summed E-state index contributed by atoms with van der Waals surface area (Å²) in [6, 6.07) is 0. The second kappa shape index (κ2) is 4.61. The average Bonchev–Trinajstić information content (AvgIpc) is 2.03. The van der Waals surface area contributed by atoms with Gasteiger partial charge < -0.3 is 5.11 Å². The SMILES string of the molecule is CCCC(C)C(=O)C(C)(O)CC. The summed E-state index contributed by atoms with van der Waals surface area (Å²) in [7, 11) is 0. The number of ketones is 1. The zero-order valence-corrected chi connectivity index (χ0v) is 8.55. The molecule has 0 aliphatic carbocycles. The fraction of sp³-hybridized carbons (Fsp3) is 0.900. The summed E-state index contributed by atoms with van der Waals surface area (Å²) in [5.41, 5.74) is -1.12. The van der Waals surface area contributed by atoms with Gasteiger partial charge in [0, 0.05) is 5.92 Å². The van der Waals surface area contributed by atoms with Crippen LogP contribution in [0.4, 0.5) is 0 Å². The van der Waals surface area contributed by atoms with Crippen LogP contribution < -0.4 is 0 Å². The number of hydrogen-bond acceptors (Lipinski definition) is 2. The number of rotatable bonds is 5. The third kappa shape index (κ3) is 2.94. The van der Waals surface area contributed by atoms with Crippen molar-refractivity contribution in [2.24, 2.45) is 5.92 Å². The standard InChI is InChI=1S/C10H20O2/c1-5-7-8(3)9(11)10(4,12)6-2/h8,12H,5-7H2,1-4H3. The van der Waals surface area contributed by atoms with Gasteiger partial charge in [0.05, 0.1) is 0 Å². The molecule has 0 fully saturated rings. The molecule has 0 aliphatic rings. The van der Waals surface area contributed by atoms with E-state index < -0.39 is 5.60 Å². The van der Waals surface area contributed by atoms with Crippen LogP contribution >= 0.6 is 0 Å². The lowest BCUT2D eigenvalue weighted by Gasteiger charge is -2.23. The number of Topliss-reactive ketones (excluding diaryl/α,β-unsaturated/α-hetero) is 1. The van der Waals surface area contributed by atoms with E-state index in [0.717, 1.165) is 12.8 Å². The van der Waals surface area contributed by atoms with E-state index in [0.29, 0.717) is 6.42 Å². The van der Waals surface area contributed by atoms with Gasteiger partial charge in [0.25, 0.3) is 0 Å². The molecular formula is C10H20O2. The van der Waals surface area contributed by atoms with Crippen molar-refractivity contribution < 1.29 is 9.90 Å². The van der Waals surface area contributed by atoms with Crippen LogP contribution in [0.15, 0.2) is 0 Å². The second-order valence-electron chi connectivity index (χ2n) is 3.68. The van der Waals surface area contributed by atoms with Crippen molar-refractivity contribution >= 4 is 5.78 Å². The Morgan fingerprint density at radius 3 is 2.33 bits per heavy atom. The van der Waals surface area contributed by atoms with Crippen molar-refractivity contribution in [3.63, 3.8) is 0 Å². The molecule has 0 aromatic rings. The second-order valence-corrected chi connectivity index (χ2v) is 3.68. The number of hydrogen-bond donors (Lipinski definition) is 1. The lowest BCUT2D eigenvalue weighted by molar-refractivity contribution is -0.139. The number of carbonyl (C=O) groups excluding carboxylic acids is 1. The highest BCUT2D eigenvalue weighted by Crippen LogP contribution is 2.18. The molecule has 0 aromatic carbocycles. The highest BCUT2D eigenvalue weighted by atomic mass is 16.3. The van der Waals surface area contributed by atoms with Crippen LogP contribution in [-0.4, -0.2) is 16.5 Å². The normalized spacial score (nSPS) is 18.4. The van der Waals surface area contributed by atoms with Gasteiger partial charge in [0.2, 0.25) is 0 Å². The van der Waals surface area contributed by atoms with Gasteiger partial charge in [-0.3, -0.25) is 4.79 Å². The first-order valence-electron chi connectivity index (χ1n) is 4.72. The van der Waals surface area contributed by atoms with Gasteiger partial charge in [-0.05, 0) is 19.8 Å². The van der Waals surface area contributed by atoms with E-state index in [4.69, 9.17) is 0 Å². The predicted molar refractivity (Wildman–Crippen MR) is 50.0 cm³/mol. The minimum Gasteiger partial charge on any atom is -0.382 e. The maximum atomic E-state index is 11.5. The fourth-order valence-corrected chi connectivity index (χ4v) is 1.27. The van der Waals surface area contributed by atoms with Crippen LogP contribution in [0.1, 0.15) is 47.0 Å². The Kier molecular flexibility index (Phi) is 4.46. The summed E-state index contributed by atoms with van der Waals surface area (Å²) in [6.45, 7) is 7.36. The minimum absolute atomic E-state index is 0.00931. The lowest BCUT2D eigenvalue weighted by atomic mass is 9.87. The van der Waals surface area contributed by atoms with Crippen molar-refractivity contribution in [3.05, 3.63) is 0 Å². The van der Waals surface area contributed by atoms with Crippen molar-refractivity contribution in [1.29, 1.82) is 0 Å². The van der Waals surface area contributed by atoms with E-state index in [1.807, 2.05) is 20.8 Å². The molecule has 0 rings (SSSR count). The van der Waals surface area contributed by atoms with Gasteiger partial charge in [-0.2, -0.15) is 0 Å².